The molecule has 0 radical (unpaired) electrons. The fraction of sp³-hybridized carbons (Fsp3) is 0.310. The Balaban J connectivity index is 2.10. The van der Waals surface area contributed by atoms with Crippen LogP contribution < -0.4 is 19.1 Å². The molecule has 0 saturated heterocycles. The molecule has 40 heavy (non-hydrogen) atoms. The zero-order valence-electron chi connectivity index (χ0n) is 23.0. The summed E-state index contributed by atoms with van der Waals surface area (Å²) in [4.78, 5) is 28.6. The van der Waals surface area contributed by atoms with Gasteiger partial charge in [0.05, 0.1) is 26.2 Å². The van der Waals surface area contributed by atoms with Crippen molar-refractivity contribution in [2.75, 3.05) is 37.9 Å². The summed E-state index contributed by atoms with van der Waals surface area (Å²) in [7, 11) is -1.22. The quantitative estimate of drug-likeness (QED) is 0.337. The van der Waals surface area contributed by atoms with Crippen LogP contribution in [0.5, 0.6) is 11.5 Å². The smallest absolute Gasteiger partial charge is 0.244 e. The number of nitrogens with one attached hydrogen (secondary N) is 1. The number of methoxy groups -OCH3 is 2. The summed E-state index contributed by atoms with van der Waals surface area (Å²) < 4.78 is 52.3. The van der Waals surface area contributed by atoms with E-state index in [-0.39, 0.29) is 30.0 Å². The average Bonchev–Trinajstić information content (AvgIpc) is 2.94. The van der Waals surface area contributed by atoms with Gasteiger partial charge in [0.15, 0.2) is 0 Å². The minimum atomic E-state index is -4.02. The van der Waals surface area contributed by atoms with E-state index in [9.17, 15) is 22.4 Å². The fourth-order valence-electron chi connectivity index (χ4n) is 4.24. The molecule has 3 rings (SSSR count). The first-order chi connectivity index (χ1) is 19.1. The van der Waals surface area contributed by atoms with Gasteiger partial charge in [-0.3, -0.25) is 13.9 Å². The Hall–Kier alpha value is -4.12. The standard InChI is InChI=1S/C29H34FN3O6S/c1-5-31-29(35)26(17-21-11-7-6-8-12-21)32(19-22-13-9-10-14-24(22)30)28(34)20-33(40(4,36)37)25-18-23(38-2)15-16-27(25)39-3/h6-16,18,26H,5,17,19-20H2,1-4H3,(H,31,35). The minimum absolute atomic E-state index is 0.0844. The Labute approximate surface area is 234 Å². The van der Waals surface area contributed by atoms with Crippen molar-refractivity contribution in [3.8, 4) is 11.5 Å². The van der Waals surface area contributed by atoms with Crippen LogP contribution in [-0.2, 0) is 32.6 Å². The summed E-state index contributed by atoms with van der Waals surface area (Å²) >= 11 is 0. The number of carbonyl (C=O) groups excluding carboxylic acids is 2. The summed E-state index contributed by atoms with van der Waals surface area (Å²) in [5, 5.41) is 2.76. The molecule has 0 aliphatic rings. The van der Waals surface area contributed by atoms with Gasteiger partial charge in [0.1, 0.15) is 29.9 Å². The second-order valence-electron chi connectivity index (χ2n) is 9.02. The number of hydrogen-bond acceptors (Lipinski definition) is 6. The molecule has 0 fully saturated rings. The number of sulfonamides is 1. The topological polar surface area (TPSA) is 105 Å². The third-order valence-corrected chi connectivity index (χ3v) is 7.38. The number of anilines is 1. The summed E-state index contributed by atoms with van der Waals surface area (Å²) in [6, 6.07) is 18.6. The molecule has 0 spiro atoms. The molecule has 214 valence electrons. The molecule has 9 nitrogen and oxygen atoms in total. The van der Waals surface area contributed by atoms with Gasteiger partial charge in [-0.15, -0.1) is 0 Å². The minimum Gasteiger partial charge on any atom is -0.497 e. The predicted octanol–water partition coefficient (Wildman–Crippen LogP) is 3.39. The number of ether oxygens (including phenoxy) is 2. The molecule has 0 bridgehead atoms. The number of carbonyl (C=O) groups is 2. The molecule has 1 N–H and O–H groups in total. The number of hydrogen-bond donors (Lipinski definition) is 1. The van der Waals surface area contributed by atoms with Crippen LogP contribution in [0.2, 0.25) is 0 Å². The van der Waals surface area contributed by atoms with E-state index >= 15 is 0 Å². The molecule has 0 heterocycles. The van der Waals surface area contributed by atoms with Gasteiger partial charge in [-0.1, -0.05) is 48.5 Å². The summed E-state index contributed by atoms with van der Waals surface area (Å²) in [6.07, 6.45) is 1.10. The Morgan fingerprint density at radius 2 is 1.65 bits per heavy atom. The molecular weight excluding hydrogens is 537 g/mol. The lowest BCUT2D eigenvalue weighted by atomic mass is 10.0. The van der Waals surface area contributed by atoms with Gasteiger partial charge in [0, 0.05) is 31.1 Å². The van der Waals surface area contributed by atoms with E-state index < -0.39 is 40.2 Å². The van der Waals surface area contributed by atoms with E-state index in [1.165, 1.54) is 49.5 Å². The Morgan fingerprint density at radius 3 is 2.25 bits per heavy atom. The lowest BCUT2D eigenvalue weighted by Gasteiger charge is -2.33. The van der Waals surface area contributed by atoms with Gasteiger partial charge in [0.25, 0.3) is 0 Å². The number of benzene rings is 3. The normalized spacial score (nSPS) is 11.8. The van der Waals surface area contributed by atoms with Crippen LogP contribution in [0.1, 0.15) is 18.1 Å². The maximum absolute atomic E-state index is 14.8. The first kappa shape index (κ1) is 30.4. The van der Waals surface area contributed by atoms with Crippen molar-refractivity contribution in [3.63, 3.8) is 0 Å². The van der Waals surface area contributed by atoms with E-state index in [1.807, 2.05) is 30.3 Å². The highest BCUT2D eigenvalue weighted by Gasteiger charge is 2.34. The number of amides is 2. The van der Waals surface area contributed by atoms with Crippen LogP contribution in [0.15, 0.2) is 72.8 Å². The van der Waals surface area contributed by atoms with Gasteiger partial charge in [-0.25, -0.2) is 12.8 Å². The fourth-order valence-corrected chi connectivity index (χ4v) is 5.09. The van der Waals surface area contributed by atoms with Crippen LogP contribution in [0.25, 0.3) is 0 Å². The molecule has 0 aromatic heterocycles. The number of rotatable bonds is 13. The summed E-state index contributed by atoms with van der Waals surface area (Å²) in [5.74, 6) is -1.15. The van der Waals surface area contributed by atoms with Crippen molar-refractivity contribution in [1.82, 2.24) is 10.2 Å². The van der Waals surface area contributed by atoms with E-state index in [1.54, 1.807) is 19.1 Å². The average molecular weight is 572 g/mol. The number of halogens is 1. The number of likely N-dealkylation sites (N-methyl/N-ethyl adjacent to an activating group) is 1. The Bertz CT molecular complexity index is 1420. The van der Waals surface area contributed by atoms with Crippen molar-refractivity contribution >= 4 is 27.5 Å². The van der Waals surface area contributed by atoms with Crippen LogP contribution in [0.3, 0.4) is 0 Å². The third-order valence-electron chi connectivity index (χ3n) is 6.25. The van der Waals surface area contributed by atoms with E-state index in [0.717, 1.165) is 16.1 Å². The Morgan fingerprint density at radius 1 is 0.975 bits per heavy atom. The summed E-state index contributed by atoms with van der Waals surface area (Å²) in [5.41, 5.74) is 1.05. The largest absolute Gasteiger partial charge is 0.497 e. The molecular formula is C29H34FN3O6S. The maximum Gasteiger partial charge on any atom is 0.244 e. The van der Waals surface area contributed by atoms with Gasteiger partial charge < -0.3 is 19.7 Å². The lowest BCUT2D eigenvalue weighted by molar-refractivity contribution is -0.140. The molecule has 0 aliphatic heterocycles. The predicted molar refractivity (Wildman–Crippen MR) is 151 cm³/mol. The molecule has 0 aliphatic carbocycles. The molecule has 0 saturated carbocycles. The molecule has 3 aromatic rings. The first-order valence-corrected chi connectivity index (χ1v) is 14.5. The molecule has 3 aromatic carbocycles. The first-order valence-electron chi connectivity index (χ1n) is 12.6. The third kappa shape index (κ3) is 7.72. The van der Waals surface area contributed by atoms with Gasteiger partial charge in [-0.05, 0) is 30.7 Å². The second-order valence-corrected chi connectivity index (χ2v) is 10.9. The van der Waals surface area contributed by atoms with E-state index in [0.29, 0.717) is 12.3 Å². The van der Waals surface area contributed by atoms with Crippen LogP contribution in [-0.4, -0.2) is 64.7 Å². The van der Waals surface area contributed by atoms with Crippen LogP contribution in [0.4, 0.5) is 10.1 Å². The van der Waals surface area contributed by atoms with E-state index in [4.69, 9.17) is 9.47 Å². The molecule has 2 amide bonds. The SMILES string of the molecule is CCNC(=O)C(Cc1ccccc1)N(Cc1ccccc1F)C(=O)CN(c1cc(OC)ccc1OC)S(C)(=O)=O. The van der Waals surface area contributed by atoms with Gasteiger partial charge in [0.2, 0.25) is 21.8 Å². The molecule has 1 atom stereocenters. The zero-order valence-corrected chi connectivity index (χ0v) is 23.8. The molecule has 1 unspecified atom stereocenters. The highest BCUT2D eigenvalue weighted by Crippen LogP contribution is 2.34. The summed E-state index contributed by atoms with van der Waals surface area (Å²) in [6.45, 7) is 1.14. The number of nitrogens with zero attached hydrogens (tertiary/aromatic N) is 2. The van der Waals surface area contributed by atoms with Crippen molar-refractivity contribution in [2.45, 2.75) is 25.9 Å². The van der Waals surface area contributed by atoms with Crippen molar-refractivity contribution in [1.29, 1.82) is 0 Å². The van der Waals surface area contributed by atoms with E-state index in [2.05, 4.69) is 5.32 Å². The van der Waals surface area contributed by atoms with Crippen LogP contribution in [0, 0.1) is 5.82 Å². The highest BCUT2D eigenvalue weighted by atomic mass is 32.2. The second kappa shape index (κ2) is 13.8. The van der Waals surface area contributed by atoms with Crippen molar-refractivity contribution in [3.05, 3.63) is 89.7 Å². The van der Waals surface area contributed by atoms with Crippen LogP contribution >= 0.6 is 0 Å². The maximum atomic E-state index is 14.8. The monoisotopic (exact) mass is 571 g/mol. The lowest BCUT2D eigenvalue weighted by Crippen LogP contribution is -2.53. The molecule has 11 heteroatoms. The zero-order chi connectivity index (χ0) is 29.3. The highest BCUT2D eigenvalue weighted by molar-refractivity contribution is 7.92. The van der Waals surface area contributed by atoms with Gasteiger partial charge in [-0.2, -0.15) is 0 Å². The Kier molecular flexibility index (Phi) is 10.5. The van der Waals surface area contributed by atoms with Crippen molar-refractivity contribution in [2.24, 2.45) is 0 Å². The van der Waals surface area contributed by atoms with Crippen molar-refractivity contribution < 1.29 is 31.9 Å². The van der Waals surface area contributed by atoms with Gasteiger partial charge >= 0.3 is 0 Å².